The molecule has 0 spiro atoms. The number of amides is 1. The summed E-state index contributed by atoms with van der Waals surface area (Å²) in [6.45, 7) is 0. The first kappa shape index (κ1) is 20.3. The van der Waals surface area contributed by atoms with Gasteiger partial charge in [0.05, 0.1) is 16.1 Å². The third kappa shape index (κ3) is 4.88. The summed E-state index contributed by atoms with van der Waals surface area (Å²) in [5.41, 5.74) is 2.25. The van der Waals surface area contributed by atoms with Gasteiger partial charge < -0.3 is 5.32 Å². The van der Waals surface area contributed by atoms with E-state index in [1.54, 1.807) is 30.0 Å². The van der Waals surface area contributed by atoms with E-state index in [9.17, 15) is 4.79 Å². The number of rotatable bonds is 5. The average Bonchev–Trinajstić information content (AvgIpc) is 2.68. The third-order valence-corrected chi connectivity index (χ3v) is 6.17. The van der Waals surface area contributed by atoms with Crippen LogP contribution in [0.15, 0.2) is 76.1 Å². The molecule has 0 aliphatic rings. The van der Waals surface area contributed by atoms with Gasteiger partial charge in [-0.15, -0.1) is 11.8 Å². The number of benzene rings is 3. The number of halogens is 3. The summed E-state index contributed by atoms with van der Waals surface area (Å²) in [6, 6.07) is 20.3. The van der Waals surface area contributed by atoms with Crippen LogP contribution in [-0.4, -0.2) is 12.2 Å². The van der Waals surface area contributed by atoms with Gasteiger partial charge in [-0.05, 0) is 53.8 Å². The highest BCUT2D eigenvalue weighted by molar-refractivity contribution is 9.10. The van der Waals surface area contributed by atoms with Gasteiger partial charge in [0.2, 0.25) is 0 Å². The van der Waals surface area contributed by atoms with E-state index in [2.05, 4.69) is 21.2 Å². The Morgan fingerprint density at radius 3 is 2.41 bits per heavy atom. The second-order valence-corrected chi connectivity index (χ2v) is 8.41. The molecule has 3 rings (SSSR count). The van der Waals surface area contributed by atoms with Gasteiger partial charge in [-0.25, -0.2) is 0 Å². The Bertz CT molecular complexity index is 963. The predicted molar refractivity (Wildman–Crippen MR) is 118 cm³/mol. The Kier molecular flexibility index (Phi) is 6.88. The normalized spacial score (nSPS) is 11.9. The van der Waals surface area contributed by atoms with E-state index in [-0.39, 0.29) is 5.91 Å². The monoisotopic (exact) mass is 479 g/mol. The van der Waals surface area contributed by atoms with E-state index in [1.807, 2.05) is 54.8 Å². The second-order valence-electron chi connectivity index (χ2n) is 5.83. The molecule has 1 atom stereocenters. The van der Waals surface area contributed by atoms with Crippen LogP contribution in [0.5, 0.6) is 0 Å². The van der Waals surface area contributed by atoms with Gasteiger partial charge >= 0.3 is 0 Å². The lowest BCUT2D eigenvalue weighted by molar-refractivity contribution is 0.0943. The molecule has 0 aromatic heterocycles. The van der Waals surface area contributed by atoms with E-state index in [0.717, 1.165) is 20.5 Å². The maximum absolute atomic E-state index is 12.9. The number of hydrogen-bond acceptors (Lipinski definition) is 2. The highest BCUT2D eigenvalue weighted by Crippen LogP contribution is 2.34. The second kappa shape index (κ2) is 9.16. The molecule has 0 radical (unpaired) electrons. The molecule has 1 unspecified atom stereocenters. The molecule has 27 heavy (non-hydrogen) atoms. The molecule has 3 aromatic carbocycles. The van der Waals surface area contributed by atoms with Crippen LogP contribution in [0.25, 0.3) is 0 Å². The molecular formula is C21H16BrCl2NOS. The molecule has 0 fully saturated rings. The largest absolute Gasteiger partial charge is 0.341 e. The quantitative estimate of drug-likeness (QED) is 0.398. The van der Waals surface area contributed by atoms with E-state index in [0.29, 0.717) is 15.6 Å². The van der Waals surface area contributed by atoms with Crippen LogP contribution >= 0.6 is 50.9 Å². The zero-order valence-electron chi connectivity index (χ0n) is 14.4. The zero-order valence-corrected chi connectivity index (χ0v) is 18.3. The van der Waals surface area contributed by atoms with Gasteiger partial charge in [0, 0.05) is 14.9 Å². The lowest BCUT2D eigenvalue weighted by atomic mass is 9.98. The summed E-state index contributed by atoms with van der Waals surface area (Å²) < 4.78 is 0.844. The third-order valence-electron chi connectivity index (χ3n) is 4.10. The summed E-state index contributed by atoms with van der Waals surface area (Å²) in [4.78, 5) is 14.0. The van der Waals surface area contributed by atoms with Crippen molar-refractivity contribution in [3.05, 3.63) is 97.9 Å². The zero-order chi connectivity index (χ0) is 19.4. The molecule has 0 aliphatic carbocycles. The van der Waals surface area contributed by atoms with E-state index in [4.69, 9.17) is 23.2 Å². The van der Waals surface area contributed by atoms with Crippen LogP contribution in [0.3, 0.4) is 0 Å². The Morgan fingerprint density at radius 2 is 1.74 bits per heavy atom. The van der Waals surface area contributed by atoms with Crippen LogP contribution in [0.1, 0.15) is 27.5 Å². The Hall–Kier alpha value is -1.46. The molecule has 1 N–H and O–H groups in total. The maximum Gasteiger partial charge on any atom is 0.252 e. The predicted octanol–water partition coefficient (Wildman–Crippen LogP) is 7.00. The van der Waals surface area contributed by atoms with Crippen molar-refractivity contribution in [3.8, 4) is 0 Å². The number of carbonyl (C=O) groups excluding carboxylic acids is 1. The van der Waals surface area contributed by atoms with E-state index < -0.39 is 6.04 Å². The van der Waals surface area contributed by atoms with Crippen LogP contribution < -0.4 is 5.32 Å². The van der Waals surface area contributed by atoms with Gasteiger partial charge in [0.25, 0.3) is 5.91 Å². The maximum atomic E-state index is 12.9. The van der Waals surface area contributed by atoms with E-state index >= 15 is 0 Å². The fourth-order valence-electron chi connectivity index (χ4n) is 2.72. The first-order chi connectivity index (χ1) is 13.0. The number of nitrogens with one attached hydrogen (secondary N) is 1. The molecule has 2 nitrogen and oxygen atoms in total. The topological polar surface area (TPSA) is 29.1 Å². The van der Waals surface area contributed by atoms with Gasteiger partial charge in [-0.2, -0.15) is 0 Å². The minimum Gasteiger partial charge on any atom is -0.341 e. The Balaban J connectivity index is 2.01. The Morgan fingerprint density at radius 1 is 1.04 bits per heavy atom. The van der Waals surface area contributed by atoms with Crippen molar-refractivity contribution >= 4 is 56.8 Å². The highest BCUT2D eigenvalue weighted by atomic mass is 79.9. The SMILES string of the molecule is CSc1ccc(C(NC(=O)c2cccc(Br)c2)c2cccc(Cl)c2Cl)cc1. The summed E-state index contributed by atoms with van der Waals surface area (Å²) >= 11 is 17.7. The van der Waals surface area contributed by atoms with Crippen molar-refractivity contribution in [3.63, 3.8) is 0 Å². The minimum absolute atomic E-state index is 0.189. The fourth-order valence-corrected chi connectivity index (χ4v) is 3.95. The summed E-state index contributed by atoms with van der Waals surface area (Å²) in [5, 5.41) is 3.98. The smallest absolute Gasteiger partial charge is 0.252 e. The molecule has 138 valence electrons. The number of carbonyl (C=O) groups is 1. The first-order valence-corrected chi connectivity index (χ1v) is 10.9. The van der Waals surface area contributed by atoms with Crippen molar-refractivity contribution in [2.24, 2.45) is 0 Å². The van der Waals surface area contributed by atoms with Gasteiger partial charge in [-0.3, -0.25) is 4.79 Å². The number of hydrogen-bond donors (Lipinski definition) is 1. The minimum atomic E-state index is -0.418. The summed E-state index contributed by atoms with van der Waals surface area (Å²) in [7, 11) is 0. The summed E-state index contributed by atoms with van der Waals surface area (Å²) in [5.74, 6) is -0.189. The van der Waals surface area contributed by atoms with Gasteiger partial charge in [-0.1, -0.05) is 69.5 Å². The van der Waals surface area contributed by atoms with Crippen LogP contribution in [0, 0.1) is 0 Å². The van der Waals surface area contributed by atoms with Crippen LogP contribution in [-0.2, 0) is 0 Å². The molecule has 0 heterocycles. The van der Waals surface area contributed by atoms with Crippen molar-refractivity contribution in [1.29, 1.82) is 0 Å². The van der Waals surface area contributed by atoms with Gasteiger partial charge in [0.1, 0.15) is 0 Å². The van der Waals surface area contributed by atoms with Crippen molar-refractivity contribution in [1.82, 2.24) is 5.32 Å². The van der Waals surface area contributed by atoms with Crippen molar-refractivity contribution < 1.29 is 4.79 Å². The van der Waals surface area contributed by atoms with Crippen LogP contribution in [0.2, 0.25) is 10.0 Å². The van der Waals surface area contributed by atoms with E-state index in [1.165, 1.54) is 0 Å². The molecule has 0 aliphatic heterocycles. The highest BCUT2D eigenvalue weighted by Gasteiger charge is 2.21. The molecule has 0 saturated carbocycles. The lowest BCUT2D eigenvalue weighted by Crippen LogP contribution is -2.29. The average molecular weight is 481 g/mol. The number of thioether (sulfide) groups is 1. The van der Waals surface area contributed by atoms with Gasteiger partial charge in [0.15, 0.2) is 0 Å². The standard InChI is InChI=1S/C21H16BrCl2NOS/c1-27-16-10-8-13(9-11-16)20(17-6-3-7-18(23)19(17)24)25-21(26)14-4-2-5-15(22)12-14/h2-12,20H,1H3,(H,25,26). The van der Waals surface area contributed by atoms with Crippen molar-refractivity contribution in [2.75, 3.05) is 6.26 Å². The molecule has 0 bridgehead atoms. The Labute approximate surface area is 181 Å². The van der Waals surface area contributed by atoms with Crippen molar-refractivity contribution in [2.45, 2.75) is 10.9 Å². The fraction of sp³-hybridized carbons (Fsp3) is 0.0952. The molecule has 0 saturated heterocycles. The molecule has 1 amide bonds. The summed E-state index contributed by atoms with van der Waals surface area (Å²) in [6.07, 6.45) is 2.02. The molecular weight excluding hydrogens is 465 g/mol. The molecule has 6 heteroatoms. The first-order valence-electron chi connectivity index (χ1n) is 8.14. The molecule has 3 aromatic rings. The van der Waals surface area contributed by atoms with Crippen LogP contribution in [0.4, 0.5) is 0 Å². The lowest BCUT2D eigenvalue weighted by Gasteiger charge is -2.22.